The summed E-state index contributed by atoms with van der Waals surface area (Å²) >= 11 is 0. The molecule has 0 spiro atoms. The first kappa shape index (κ1) is 17.4. The lowest BCUT2D eigenvalue weighted by Crippen LogP contribution is -2.21. The molecule has 2 aliphatic rings. The summed E-state index contributed by atoms with van der Waals surface area (Å²) in [6, 6.07) is 14.6. The lowest BCUT2D eigenvalue weighted by molar-refractivity contribution is -0.124. The fourth-order valence-electron chi connectivity index (χ4n) is 2.99. The van der Waals surface area contributed by atoms with E-state index in [4.69, 9.17) is 0 Å². The van der Waals surface area contributed by atoms with Gasteiger partial charge in [-0.05, 0) is 22.3 Å². The van der Waals surface area contributed by atoms with Crippen LogP contribution in [0.4, 0.5) is 0 Å². The van der Waals surface area contributed by atoms with Gasteiger partial charge < -0.3 is 0 Å². The van der Waals surface area contributed by atoms with Gasteiger partial charge in [0.15, 0.2) is 0 Å². The van der Waals surface area contributed by atoms with Gasteiger partial charge in [-0.2, -0.15) is 0 Å². The van der Waals surface area contributed by atoms with E-state index in [0.29, 0.717) is 22.3 Å². The van der Waals surface area contributed by atoms with Crippen LogP contribution in [0.3, 0.4) is 0 Å². The fraction of sp³-hybridized carbons (Fsp3) is 0. The molecule has 4 rings (SSSR count). The maximum atomic E-state index is 11.7. The third kappa shape index (κ3) is 3.43. The highest BCUT2D eigenvalue weighted by molar-refractivity contribution is 6.34. The van der Waals surface area contributed by atoms with E-state index < -0.39 is 11.8 Å². The van der Waals surface area contributed by atoms with Crippen molar-refractivity contribution >= 4 is 46.9 Å². The molecule has 0 atom stereocenters. The normalized spacial score (nSPS) is 16.3. The van der Waals surface area contributed by atoms with E-state index in [2.05, 4.69) is 10.6 Å². The van der Waals surface area contributed by atoms with Crippen molar-refractivity contribution in [2.45, 2.75) is 0 Å². The molecule has 0 saturated heterocycles. The molecule has 0 unspecified atom stereocenters. The number of hydrogen-bond donors (Lipinski definition) is 2. The molecule has 0 fully saturated rings. The van der Waals surface area contributed by atoms with Crippen molar-refractivity contribution in [3.63, 3.8) is 0 Å². The summed E-state index contributed by atoms with van der Waals surface area (Å²) in [5, 5.41) is 4.45. The highest BCUT2D eigenvalue weighted by atomic mass is 16.2. The van der Waals surface area contributed by atoms with Crippen LogP contribution < -0.4 is 10.6 Å². The van der Waals surface area contributed by atoms with Crippen LogP contribution in [0.2, 0.25) is 0 Å². The van der Waals surface area contributed by atoms with E-state index in [0.717, 1.165) is 11.1 Å². The summed E-state index contributed by atoms with van der Waals surface area (Å²) in [6.07, 6.45) is 6.42. The Labute approximate surface area is 160 Å². The van der Waals surface area contributed by atoms with E-state index in [1.807, 2.05) is 36.4 Å². The van der Waals surface area contributed by atoms with Crippen LogP contribution in [0.25, 0.3) is 23.3 Å². The van der Waals surface area contributed by atoms with Gasteiger partial charge >= 0.3 is 0 Å². The first-order valence-electron chi connectivity index (χ1n) is 8.52. The second kappa shape index (κ2) is 6.92. The molecule has 0 saturated carbocycles. The van der Waals surface area contributed by atoms with E-state index >= 15 is 0 Å². The third-order valence-electron chi connectivity index (χ3n) is 4.43. The average molecular weight is 370 g/mol. The minimum absolute atomic E-state index is 0.361. The Morgan fingerprint density at radius 1 is 0.536 bits per heavy atom. The Hall–Kier alpha value is -4.06. The summed E-state index contributed by atoms with van der Waals surface area (Å²) in [5.41, 5.74) is 3.95. The van der Waals surface area contributed by atoms with Gasteiger partial charge in [0.1, 0.15) is 0 Å². The van der Waals surface area contributed by atoms with Crippen molar-refractivity contribution in [2.75, 3.05) is 0 Å². The van der Waals surface area contributed by atoms with Crippen LogP contribution in [-0.2, 0) is 19.2 Å². The van der Waals surface area contributed by atoms with E-state index in [9.17, 15) is 19.2 Å². The first-order valence-corrected chi connectivity index (χ1v) is 8.52. The number of hydrogen-bond acceptors (Lipinski definition) is 4. The SMILES string of the molecule is O=C1C=C(c2ccc(C=Cc3ccc(C4=CC(=O)NC4=O)cc3)cc2)C(=O)N1. The molecule has 6 nitrogen and oxygen atoms in total. The Bertz CT molecular complexity index is 1010. The van der Waals surface area contributed by atoms with Crippen LogP contribution in [0.15, 0.2) is 60.7 Å². The molecular formula is C22H14N2O4. The summed E-state index contributed by atoms with van der Waals surface area (Å²) < 4.78 is 0. The maximum Gasteiger partial charge on any atom is 0.258 e. The predicted octanol–water partition coefficient (Wildman–Crippen LogP) is 1.94. The van der Waals surface area contributed by atoms with Crippen LogP contribution in [0.5, 0.6) is 0 Å². The Morgan fingerprint density at radius 2 is 0.893 bits per heavy atom. The second-order valence-electron chi connectivity index (χ2n) is 6.33. The molecule has 0 aliphatic carbocycles. The minimum atomic E-state index is -0.400. The number of carbonyl (C=O) groups is 4. The predicted molar refractivity (Wildman–Crippen MR) is 104 cm³/mol. The van der Waals surface area contributed by atoms with Gasteiger partial charge in [-0.1, -0.05) is 60.7 Å². The minimum Gasteiger partial charge on any atom is -0.289 e. The van der Waals surface area contributed by atoms with Gasteiger partial charge in [0, 0.05) is 12.2 Å². The standard InChI is InChI=1S/C22H14N2O4/c25-19-11-17(21(27)23-19)15-7-3-13(4-8-15)1-2-14-5-9-16(10-6-14)18-12-20(26)24-22(18)28/h1-12H,(H,23,25,27)(H,24,26,28). The molecule has 28 heavy (non-hydrogen) atoms. The smallest absolute Gasteiger partial charge is 0.258 e. The quantitative estimate of drug-likeness (QED) is 0.635. The summed E-state index contributed by atoms with van der Waals surface area (Å²) in [7, 11) is 0. The van der Waals surface area contributed by atoms with Gasteiger partial charge in [0.05, 0.1) is 11.1 Å². The van der Waals surface area contributed by atoms with Crippen LogP contribution in [0.1, 0.15) is 22.3 Å². The van der Waals surface area contributed by atoms with E-state index in [1.54, 1.807) is 24.3 Å². The molecule has 136 valence electrons. The van der Waals surface area contributed by atoms with Gasteiger partial charge in [-0.15, -0.1) is 0 Å². The third-order valence-corrected chi connectivity index (χ3v) is 4.43. The van der Waals surface area contributed by atoms with Crippen molar-refractivity contribution in [3.8, 4) is 0 Å². The maximum absolute atomic E-state index is 11.7. The highest BCUT2D eigenvalue weighted by Crippen LogP contribution is 2.21. The topological polar surface area (TPSA) is 92.3 Å². The van der Waals surface area contributed by atoms with Crippen LogP contribution in [-0.4, -0.2) is 23.6 Å². The fourth-order valence-corrected chi connectivity index (χ4v) is 2.99. The summed E-state index contributed by atoms with van der Waals surface area (Å²) in [5.74, 6) is -1.58. The average Bonchev–Trinajstić information content (AvgIpc) is 3.21. The molecule has 6 heteroatoms. The number of rotatable bonds is 4. The van der Waals surface area contributed by atoms with E-state index in [1.165, 1.54) is 12.2 Å². The van der Waals surface area contributed by atoms with Gasteiger partial charge in [-0.25, -0.2) is 0 Å². The highest BCUT2D eigenvalue weighted by Gasteiger charge is 2.22. The van der Waals surface area contributed by atoms with Crippen molar-refractivity contribution in [3.05, 3.63) is 82.9 Å². The molecule has 0 aromatic heterocycles. The number of imide groups is 2. The van der Waals surface area contributed by atoms with Crippen LogP contribution in [0, 0.1) is 0 Å². The molecule has 2 N–H and O–H groups in total. The second-order valence-corrected chi connectivity index (χ2v) is 6.33. The van der Waals surface area contributed by atoms with Crippen molar-refractivity contribution < 1.29 is 19.2 Å². The monoisotopic (exact) mass is 370 g/mol. The lowest BCUT2D eigenvalue weighted by Gasteiger charge is -2.02. The molecule has 0 radical (unpaired) electrons. The van der Waals surface area contributed by atoms with Crippen LogP contribution >= 0.6 is 0 Å². The van der Waals surface area contributed by atoms with E-state index in [-0.39, 0.29) is 11.8 Å². The zero-order valence-corrected chi connectivity index (χ0v) is 14.6. The van der Waals surface area contributed by atoms with Crippen molar-refractivity contribution in [1.82, 2.24) is 10.6 Å². The largest absolute Gasteiger partial charge is 0.289 e. The molecule has 4 amide bonds. The molecule has 2 heterocycles. The Balaban J connectivity index is 1.47. The van der Waals surface area contributed by atoms with Crippen molar-refractivity contribution in [1.29, 1.82) is 0 Å². The Kier molecular flexibility index (Phi) is 4.29. The zero-order valence-electron chi connectivity index (χ0n) is 14.6. The molecule has 2 aromatic carbocycles. The summed E-state index contributed by atoms with van der Waals surface area (Å²) in [4.78, 5) is 45.8. The number of amides is 4. The molecule has 0 bridgehead atoms. The molecular weight excluding hydrogens is 356 g/mol. The first-order chi connectivity index (χ1) is 13.5. The lowest BCUT2D eigenvalue weighted by atomic mass is 10.0. The van der Waals surface area contributed by atoms with Crippen molar-refractivity contribution in [2.24, 2.45) is 0 Å². The van der Waals surface area contributed by atoms with Gasteiger partial charge in [-0.3, -0.25) is 29.8 Å². The van der Waals surface area contributed by atoms with Gasteiger partial charge in [0.25, 0.3) is 23.6 Å². The number of nitrogens with one attached hydrogen (secondary N) is 2. The molecule has 2 aliphatic heterocycles. The van der Waals surface area contributed by atoms with Gasteiger partial charge in [0.2, 0.25) is 0 Å². The number of carbonyl (C=O) groups excluding carboxylic acids is 4. The molecule has 2 aromatic rings. The summed E-state index contributed by atoms with van der Waals surface area (Å²) in [6.45, 7) is 0. The number of benzene rings is 2. The zero-order chi connectivity index (χ0) is 19.7. The Morgan fingerprint density at radius 3 is 1.18 bits per heavy atom.